The topological polar surface area (TPSA) is 66.5 Å². The summed E-state index contributed by atoms with van der Waals surface area (Å²) in [6.45, 7) is 5.81. The van der Waals surface area contributed by atoms with Crippen molar-refractivity contribution in [2.24, 2.45) is 10.7 Å². The Balaban J connectivity index is 0.00000220. The van der Waals surface area contributed by atoms with Gasteiger partial charge in [0.15, 0.2) is 5.96 Å². The summed E-state index contributed by atoms with van der Waals surface area (Å²) in [5, 5.41) is 3.83. The third-order valence-corrected chi connectivity index (χ3v) is 3.85. The number of hydrogen-bond donors (Lipinski definition) is 2. The highest BCUT2D eigenvalue weighted by atomic mass is 127. The van der Waals surface area contributed by atoms with Gasteiger partial charge in [0, 0.05) is 18.8 Å². The summed E-state index contributed by atoms with van der Waals surface area (Å²) in [4.78, 5) is 11.0. The lowest BCUT2D eigenvalue weighted by atomic mass is 10.2. The fraction of sp³-hybridized carbons (Fsp3) is 0.571. The lowest BCUT2D eigenvalue weighted by Crippen LogP contribution is -2.42. The van der Waals surface area contributed by atoms with Gasteiger partial charge in [-0.15, -0.1) is 24.0 Å². The largest absolute Gasteiger partial charge is 0.370 e. The molecule has 2 rings (SSSR count). The van der Waals surface area contributed by atoms with Crippen LogP contribution in [0.4, 0.5) is 0 Å². The van der Waals surface area contributed by atoms with E-state index in [1.54, 1.807) is 12.3 Å². The van der Waals surface area contributed by atoms with Crippen LogP contribution in [0.5, 0.6) is 0 Å². The lowest BCUT2D eigenvalue weighted by Gasteiger charge is -2.23. The minimum Gasteiger partial charge on any atom is -0.370 e. The molecule has 1 saturated heterocycles. The number of pyridine rings is 1. The van der Waals surface area contributed by atoms with Gasteiger partial charge in [0.05, 0.1) is 17.3 Å². The summed E-state index contributed by atoms with van der Waals surface area (Å²) in [6.07, 6.45) is 4.12. The number of nitrogens with zero attached hydrogens (tertiary/aromatic N) is 3. The molecule has 0 bridgehead atoms. The molecular weight excluding hydrogens is 401 g/mol. The van der Waals surface area contributed by atoms with Crippen LogP contribution in [0.2, 0.25) is 5.02 Å². The van der Waals surface area contributed by atoms with Crippen LogP contribution in [0.15, 0.2) is 23.3 Å². The summed E-state index contributed by atoms with van der Waals surface area (Å²) in [7, 11) is 0. The van der Waals surface area contributed by atoms with Gasteiger partial charge < -0.3 is 11.1 Å². The standard InChI is InChI=1S/C14H22ClN5.HI/c1-2-20-7-3-4-13(20)10-19-14(16)18-9-12-6-5-11(15)8-17-12;/h5-6,8,13H,2-4,7,9-10H2,1H3,(H3,16,18,19);1H. The number of nitrogens with two attached hydrogens (primary N) is 1. The average molecular weight is 424 g/mol. The summed E-state index contributed by atoms with van der Waals surface area (Å²) in [5.41, 5.74) is 6.74. The minimum absolute atomic E-state index is 0. The number of halogens is 2. The number of likely N-dealkylation sites (N-methyl/N-ethyl adjacent to an activating group) is 1. The SMILES string of the molecule is CCN1CCCC1CNC(N)=NCc1ccc(Cl)cn1.I. The van der Waals surface area contributed by atoms with E-state index >= 15 is 0 Å². The molecule has 0 amide bonds. The molecule has 2 heterocycles. The molecule has 21 heavy (non-hydrogen) atoms. The molecule has 1 unspecified atom stereocenters. The van der Waals surface area contributed by atoms with Crippen molar-refractivity contribution in [3.63, 3.8) is 0 Å². The molecular formula is C14H23ClIN5. The number of rotatable bonds is 5. The number of nitrogens with one attached hydrogen (secondary N) is 1. The Labute approximate surface area is 148 Å². The first-order valence-corrected chi connectivity index (χ1v) is 7.45. The number of likely N-dealkylation sites (tertiary alicyclic amines) is 1. The van der Waals surface area contributed by atoms with Gasteiger partial charge in [-0.1, -0.05) is 18.5 Å². The zero-order valence-corrected chi connectivity index (χ0v) is 15.3. The van der Waals surface area contributed by atoms with E-state index in [4.69, 9.17) is 17.3 Å². The molecule has 7 heteroatoms. The molecule has 1 aliphatic rings. The van der Waals surface area contributed by atoms with E-state index in [2.05, 4.69) is 27.1 Å². The highest BCUT2D eigenvalue weighted by Gasteiger charge is 2.22. The van der Waals surface area contributed by atoms with Gasteiger partial charge in [-0.05, 0) is 38.1 Å². The highest BCUT2D eigenvalue weighted by Crippen LogP contribution is 2.15. The van der Waals surface area contributed by atoms with Crippen molar-refractivity contribution >= 4 is 41.5 Å². The fourth-order valence-corrected chi connectivity index (χ4v) is 2.60. The first-order chi connectivity index (χ1) is 9.69. The molecule has 1 aromatic rings. The predicted molar refractivity (Wildman–Crippen MR) is 98.3 cm³/mol. The fourth-order valence-electron chi connectivity index (χ4n) is 2.49. The van der Waals surface area contributed by atoms with Crippen LogP contribution >= 0.6 is 35.6 Å². The third-order valence-electron chi connectivity index (χ3n) is 3.62. The molecule has 0 aliphatic carbocycles. The van der Waals surface area contributed by atoms with Gasteiger partial charge in [0.2, 0.25) is 0 Å². The molecule has 118 valence electrons. The first kappa shape index (κ1) is 18.4. The Kier molecular flexibility index (Phi) is 8.28. The van der Waals surface area contributed by atoms with Crippen molar-refractivity contribution in [3.8, 4) is 0 Å². The van der Waals surface area contributed by atoms with Crippen LogP contribution in [0.1, 0.15) is 25.5 Å². The van der Waals surface area contributed by atoms with Gasteiger partial charge >= 0.3 is 0 Å². The van der Waals surface area contributed by atoms with Crippen molar-refractivity contribution in [2.75, 3.05) is 19.6 Å². The monoisotopic (exact) mass is 423 g/mol. The minimum atomic E-state index is 0. The highest BCUT2D eigenvalue weighted by molar-refractivity contribution is 14.0. The quantitative estimate of drug-likeness (QED) is 0.433. The van der Waals surface area contributed by atoms with Crippen molar-refractivity contribution in [3.05, 3.63) is 29.0 Å². The molecule has 3 N–H and O–H groups in total. The molecule has 1 atom stereocenters. The smallest absolute Gasteiger partial charge is 0.189 e. The van der Waals surface area contributed by atoms with Crippen LogP contribution in [0, 0.1) is 0 Å². The van der Waals surface area contributed by atoms with Crippen LogP contribution in [-0.2, 0) is 6.54 Å². The second-order valence-electron chi connectivity index (χ2n) is 4.97. The first-order valence-electron chi connectivity index (χ1n) is 7.07. The zero-order valence-electron chi connectivity index (χ0n) is 12.3. The summed E-state index contributed by atoms with van der Waals surface area (Å²) < 4.78 is 0. The van der Waals surface area contributed by atoms with E-state index in [9.17, 15) is 0 Å². The molecule has 0 saturated carbocycles. The van der Waals surface area contributed by atoms with E-state index in [1.165, 1.54) is 19.4 Å². The summed E-state index contributed by atoms with van der Waals surface area (Å²) in [6, 6.07) is 4.23. The predicted octanol–water partition coefficient (Wildman–Crippen LogP) is 2.24. The molecule has 1 fully saturated rings. The van der Waals surface area contributed by atoms with E-state index in [0.29, 0.717) is 23.6 Å². The van der Waals surface area contributed by atoms with Gasteiger partial charge in [0.25, 0.3) is 0 Å². The number of hydrogen-bond acceptors (Lipinski definition) is 3. The van der Waals surface area contributed by atoms with Crippen molar-refractivity contribution < 1.29 is 0 Å². The van der Waals surface area contributed by atoms with Gasteiger partial charge in [-0.2, -0.15) is 0 Å². The van der Waals surface area contributed by atoms with E-state index in [1.807, 2.05) is 6.07 Å². The molecule has 0 aromatic carbocycles. The van der Waals surface area contributed by atoms with Gasteiger partial charge in [0.1, 0.15) is 0 Å². The number of aliphatic imine (C=N–C) groups is 1. The Morgan fingerprint density at radius 2 is 2.38 bits per heavy atom. The molecule has 1 aliphatic heterocycles. The third kappa shape index (κ3) is 5.96. The maximum Gasteiger partial charge on any atom is 0.189 e. The zero-order chi connectivity index (χ0) is 14.4. The number of guanidine groups is 1. The second-order valence-corrected chi connectivity index (χ2v) is 5.41. The Hall–Kier alpha value is -0.600. The van der Waals surface area contributed by atoms with Crippen LogP contribution in [-0.4, -0.2) is 41.5 Å². The molecule has 0 spiro atoms. The van der Waals surface area contributed by atoms with Crippen molar-refractivity contribution in [1.82, 2.24) is 15.2 Å². The lowest BCUT2D eigenvalue weighted by molar-refractivity contribution is 0.267. The Morgan fingerprint density at radius 3 is 3.05 bits per heavy atom. The van der Waals surface area contributed by atoms with Gasteiger partial charge in [-0.3, -0.25) is 9.88 Å². The maximum atomic E-state index is 5.88. The molecule has 1 aromatic heterocycles. The second kappa shape index (κ2) is 9.42. The van der Waals surface area contributed by atoms with Crippen molar-refractivity contribution in [2.45, 2.75) is 32.4 Å². The maximum absolute atomic E-state index is 5.88. The summed E-state index contributed by atoms with van der Waals surface area (Å²) in [5.74, 6) is 0.477. The Bertz CT molecular complexity index is 451. The average Bonchev–Trinajstić information content (AvgIpc) is 2.92. The number of aromatic nitrogens is 1. The van der Waals surface area contributed by atoms with E-state index < -0.39 is 0 Å². The van der Waals surface area contributed by atoms with Crippen LogP contribution in [0.25, 0.3) is 0 Å². The molecule has 0 radical (unpaired) electrons. The van der Waals surface area contributed by atoms with E-state index in [0.717, 1.165) is 18.8 Å². The Morgan fingerprint density at radius 1 is 1.57 bits per heavy atom. The summed E-state index contributed by atoms with van der Waals surface area (Å²) >= 11 is 5.78. The normalized spacial score (nSPS) is 19.3. The molecule has 5 nitrogen and oxygen atoms in total. The van der Waals surface area contributed by atoms with E-state index in [-0.39, 0.29) is 24.0 Å². The van der Waals surface area contributed by atoms with Crippen LogP contribution < -0.4 is 11.1 Å². The van der Waals surface area contributed by atoms with Gasteiger partial charge in [-0.25, -0.2) is 4.99 Å². The van der Waals surface area contributed by atoms with Crippen molar-refractivity contribution in [1.29, 1.82) is 0 Å². The van der Waals surface area contributed by atoms with Crippen LogP contribution in [0.3, 0.4) is 0 Å².